The molecule has 5 heteroatoms. The minimum Gasteiger partial charge on any atom is -0.493 e. The first-order chi connectivity index (χ1) is 9.01. The van der Waals surface area contributed by atoms with Crippen LogP contribution in [0.25, 0.3) is 0 Å². The Morgan fingerprint density at radius 1 is 1.47 bits per heavy atom. The van der Waals surface area contributed by atoms with Gasteiger partial charge in [-0.1, -0.05) is 0 Å². The van der Waals surface area contributed by atoms with E-state index in [1.165, 1.54) is 12.1 Å². The van der Waals surface area contributed by atoms with E-state index in [0.717, 1.165) is 5.56 Å². The maximum Gasteiger partial charge on any atom is 0.219 e. The Kier molecular flexibility index (Phi) is 6.29. The van der Waals surface area contributed by atoms with Crippen LogP contribution in [0, 0.1) is 5.82 Å². The van der Waals surface area contributed by atoms with Gasteiger partial charge in [-0.2, -0.15) is 0 Å². The summed E-state index contributed by atoms with van der Waals surface area (Å²) < 4.78 is 18.8. The molecular formula is C14H21FN2O2. The molecular weight excluding hydrogens is 247 g/mol. The van der Waals surface area contributed by atoms with Crippen molar-refractivity contribution in [2.24, 2.45) is 5.73 Å². The second-order valence-electron chi connectivity index (χ2n) is 4.60. The summed E-state index contributed by atoms with van der Waals surface area (Å²) in [6.07, 6.45) is 1.60. The van der Waals surface area contributed by atoms with Crippen molar-refractivity contribution in [1.82, 2.24) is 5.32 Å². The van der Waals surface area contributed by atoms with Gasteiger partial charge in [-0.15, -0.1) is 0 Å². The zero-order chi connectivity index (χ0) is 14.3. The number of rotatable bonds is 7. The molecule has 0 saturated carbocycles. The van der Waals surface area contributed by atoms with Crippen LogP contribution in [-0.2, 0) is 11.2 Å². The first kappa shape index (κ1) is 15.4. The molecule has 0 aromatic heterocycles. The Bertz CT molecular complexity index is 422. The predicted octanol–water partition coefficient (Wildman–Crippen LogP) is 1.62. The summed E-state index contributed by atoms with van der Waals surface area (Å²) in [5.41, 5.74) is 6.50. The summed E-state index contributed by atoms with van der Waals surface area (Å²) in [6.45, 7) is 2.25. The topological polar surface area (TPSA) is 64.3 Å². The first-order valence-corrected chi connectivity index (χ1v) is 6.39. The molecule has 0 spiro atoms. The molecule has 0 aliphatic rings. The van der Waals surface area contributed by atoms with Crippen LogP contribution >= 0.6 is 0 Å². The Balaban J connectivity index is 2.49. The van der Waals surface area contributed by atoms with E-state index in [1.807, 2.05) is 6.92 Å². The number of halogens is 1. The molecule has 1 atom stereocenters. The molecule has 0 saturated heterocycles. The third-order valence-electron chi connectivity index (χ3n) is 2.58. The van der Waals surface area contributed by atoms with Gasteiger partial charge in [0.2, 0.25) is 5.91 Å². The van der Waals surface area contributed by atoms with Gasteiger partial charge in [0.05, 0.1) is 6.61 Å². The van der Waals surface area contributed by atoms with Gasteiger partial charge in [0.15, 0.2) is 0 Å². The maximum absolute atomic E-state index is 13.4. The highest BCUT2D eigenvalue weighted by Crippen LogP contribution is 2.17. The highest BCUT2D eigenvalue weighted by atomic mass is 19.1. The van der Waals surface area contributed by atoms with E-state index in [-0.39, 0.29) is 17.8 Å². The molecule has 0 aliphatic carbocycles. The molecule has 106 valence electrons. The van der Waals surface area contributed by atoms with Crippen LogP contribution in [0.2, 0.25) is 0 Å². The fourth-order valence-electron chi connectivity index (χ4n) is 1.74. The smallest absolute Gasteiger partial charge is 0.219 e. The summed E-state index contributed by atoms with van der Waals surface area (Å²) in [5.74, 6) is 0.118. The van der Waals surface area contributed by atoms with Crippen LogP contribution in [0.5, 0.6) is 5.75 Å². The molecule has 19 heavy (non-hydrogen) atoms. The first-order valence-electron chi connectivity index (χ1n) is 6.39. The molecule has 1 amide bonds. The van der Waals surface area contributed by atoms with Gasteiger partial charge in [0.1, 0.15) is 11.6 Å². The third-order valence-corrected chi connectivity index (χ3v) is 2.58. The van der Waals surface area contributed by atoms with E-state index < -0.39 is 0 Å². The number of carbonyl (C=O) groups is 1. The molecule has 0 heterocycles. The molecule has 1 aromatic carbocycles. The number of carbonyl (C=O) groups excluding carboxylic acids is 1. The van der Waals surface area contributed by atoms with Crippen LogP contribution in [0.4, 0.5) is 4.39 Å². The normalized spacial score (nSPS) is 12.0. The number of amides is 1. The van der Waals surface area contributed by atoms with Gasteiger partial charge < -0.3 is 15.8 Å². The summed E-state index contributed by atoms with van der Waals surface area (Å²) >= 11 is 0. The van der Waals surface area contributed by atoms with Crippen molar-refractivity contribution in [2.75, 3.05) is 13.7 Å². The molecule has 0 fully saturated rings. The van der Waals surface area contributed by atoms with Crippen LogP contribution in [-0.4, -0.2) is 25.6 Å². The number of nitrogens with one attached hydrogen (secondary N) is 1. The van der Waals surface area contributed by atoms with Crippen molar-refractivity contribution in [3.8, 4) is 5.75 Å². The van der Waals surface area contributed by atoms with E-state index in [9.17, 15) is 9.18 Å². The van der Waals surface area contributed by atoms with Gasteiger partial charge in [0, 0.05) is 25.6 Å². The standard InChI is InChI=1S/C14H21FN2O2/c1-10(16)6-11-7-12(15)9-13(8-11)19-5-3-4-14(18)17-2/h7-10H,3-6,16H2,1-2H3,(H,17,18). The van der Waals surface area contributed by atoms with Crippen molar-refractivity contribution in [3.63, 3.8) is 0 Å². The third kappa shape index (κ3) is 6.20. The summed E-state index contributed by atoms with van der Waals surface area (Å²) in [5, 5.41) is 2.54. The monoisotopic (exact) mass is 268 g/mol. The van der Waals surface area contributed by atoms with Gasteiger partial charge >= 0.3 is 0 Å². The van der Waals surface area contributed by atoms with Gasteiger partial charge in [-0.25, -0.2) is 4.39 Å². The minimum absolute atomic E-state index is 0.0251. The molecule has 4 nitrogen and oxygen atoms in total. The molecule has 0 bridgehead atoms. The number of nitrogens with two attached hydrogens (primary N) is 1. The molecule has 1 unspecified atom stereocenters. The lowest BCUT2D eigenvalue weighted by Crippen LogP contribution is -2.18. The van der Waals surface area contributed by atoms with E-state index in [2.05, 4.69) is 5.32 Å². The van der Waals surface area contributed by atoms with Crippen molar-refractivity contribution in [2.45, 2.75) is 32.2 Å². The fourth-order valence-corrected chi connectivity index (χ4v) is 1.74. The number of hydrogen-bond donors (Lipinski definition) is 2. The van der Waals surface area contributed by atoms with Crippen LogP contribution in [0.1, 0.15) is 25.3 Å². The zero-order valence-corrected chi connectivity index (χ0v) is 11.4. The Hall–Kier alpha value is -1.62. The molecule has 3 N–H and O–H groups in total. The molecule has 1 rings (SSSR count). The average molecular weight is 268 g/mol. The Morgan fingerprint density at radius 2 is 2.21 bits per heavy atom. The number of benzene rings is 1. The lowest BCUT2D eigenvalue weighted by Gasteiger charge is -2.10. The minimum atomic E-state index is -0.334. The van der Waals surface area contributed by atoms with Crippen LogP contribution in [0.3, 0.4) is 0 Å². The quantitative estimate of drug-likeness (QED) is 0.739. The van der Waals surface area contributed by atoms with E-state index in [1.54, 1.807) is 13.1 Å². The zero-order valence-electron chi connectivity index (χ0n) is 11.4. The van der Waals surface area contributed by atoms with Crippen LogP contribution in [0.15, 0.2) is 18.2 Å². The van der Waals surface area contributed by atoms with E-state index >= 15 is 0 Å². The molecule has 1 aromatic rings. The number of ether oxygens (including phenoxy) is 1. The predicted molar refractivity (Wildman–Crippen MR) is 72.5 cm³/mol. The molecule has 0 aliphatic heterocycles. The lowest BCUT2D eigenvalue weighted by molar-refractivity contribution is -0.120. The van der Waals surface area contributed by atoms with Gasteiger partial charge in [-0.05, 0) is 37.5 Å². The van der Waals surface area contributed by atoms with Crippen molar-refractivity contribution >= 4 is 5.91 Å². The summed E-state index contributed by atoms with van der Waals surface area (Å²) in [4.78, 5) is 11.0. The average Bonchev–Trinajstić information content (AvgIpc) is 2.32. The lowest BCUT2D eigenvalue weighted by atomic mass is 10.1. The maximum atomic E-state index is 13.4. The Labute approximate surface area is 113 Å². The van der Waals surface area contributed by atoms with Gasteiger partial charge in [-0.3, -0.25) is 4.79 Å². The largest absolute Gasteiger partial charge is 0.493 e. The van der Waals surface area contributed by atoms with Crippen molar-refractivity contribution in [3.05, 3.63) is 29.6 Å². The number of hydrogen-bond acceptors (Lipinski definition) is 3. The highest BCUT2D eigenvalue weighted by Gasteiger charge is 2.05. The second-order valence-corrected chi connectivity index (χ2v) is 4.60. The molecule has 0 radical (unpaired) electrons. The SMILES string of the molecule is CNC(=O)CCCOc1cc(F)cc(CC(C)N)c1. The second kappa shape index (κ2) is 7.74. The van der Waals surface area contributed by atoms with Crippen LogP contribution < -0.4 is 15.8 Å². The Morgan fingerprint density at radius 3 is 2.84 bits per heavy atom. The fraction of sp³-hybridized carbons (Fsp3) is 0.500. The van der Waals surface area contributed by atoms with E-state index in [0.29, 0.717) is 31.6 Å². The summed E-state index contributed by atoms with van der Waals surface area (Å²) in [6, 6.07) is 4.56. The van der Waals surface area contributed by atoms with Crippen molar-refractivity contribution in [1.29, 1.82) is 0 Å². The highest BCUT2D eigenvalue weighted by molar-refractivity contribution is 5.75. The summed E-state index contributed by atoms with van der Waals surface area (Å²) in [7, 11) is 1.59. The van der Waals surface area contributed by atoms with E-state index in [4.69, 9.17) is 10.5 Å². The van der Waals surface area contributed by atoms with Gasteiger partial charge in [0.25, 0.3) is 0 Å². The van der Waals surface area contributed by atoms with Crippen molar-refractivity contribution < 1.29 is 13.9 Å².